The third-order valence-corrected chi connectivity index (χ3v) is 4.98. The van der Waals surface area contributed by atoms with Crippen molar-refractivity contribution in [2.75, 3.05) is 27.2 Å². The van der Waals surface area contributed by atoms with E-state index in [1.165, 1.54) is 17.0 Å². The Hall–Kier alpha value is -3.26. The number of quaternary nitrogens is 1. The summed E-state index contributed by atoms with van der Waals surface area (Å²) in [6.45, 7) is 1.29. The van der Waals surface area contributed by atoms with Gasteiger partial charge in [0.25, 0.3) is 5.91 Å². The minimum absolute atomic E-state index is 0.240. The maximum absolute atomic E-state index is 13.1. The molecule has 0 bridgehead atoms. The molecule has 8 heteroatoms. The highest BCUT2D eigenvalue weighted by Gasteiger charge is 2.32. The van der Waals surface area contributed by atoms with Crippen molar-refractivity contribution >= 4 is 17.5 Å². The van der Waals surface area contributed by atoms with E-state index in [4.69, 9.17) is 4.84 Å². The molecule has 7 nitrogen and oxygen atoms in total. The van der Waals surface area contributed by atoms with E-state index in [1.807, 2.05) is 44.4 Å². The standard InChI is InChI=1S/C23H27FN4O3/c1-28(2)13-12-25-22(29)20(14-16-6-4-3-5-7-16)26-23(30)21-15-19(27-31-21)17-8-10-18(24)11-9-17/h3-11,20-21H,12-15H2,1-2H3,(H,25,29)(H,26,30)/p+1/t20-,21-/m0/s1. The van der Waals surface area contributed by atoms with E-state index < -0.39 is 18.1 Å². The first-order valence-electron chi connectivity index (χ1n) is 10.3. The van der Waals surface area contributed by atoms with Crippen molar-refractivity contribution in [2.45, 2.75) is 25.0 Å². The van der Waals surface area contributed by atoms with E-state index >= 15 is 0 Å². The molecule has 1 aliphatic heterocycles. The number of benzene rings is 2. The lowest BCUT2D eigenvalue weighted by atomic mass is 10.0. The molecule has 3 N–H and O–H groups in total. The predicted molar refractivity (Wildman–Crippen MR) is 115 cm³/mol. The van der Waals surface area contributed by atoms with Gasteiger partial charge >= 0.3 is 0 Å². The van der Waals surface area contributed by atoms with Gasteiger partial charge in [-0.25, -0.2) is 4.39 Å². The summed E-state index contributed by atoms with van der Waals surface area (Å²) in [5, 5.41) is 9.67. The van der Waals surface area contributed by atoms with Crippen LogP contribution in [0.1, 0.15) is 17.5 Å². The lowest BCUT2D eigenvalue weighted by Crippen LogP contribution is -3.06. The van der Waals surface area contributed by atoms with Crippen LogP contribution >= 0.6 is 0 Å². The third kappa shape index (κ3) is 6.62. The van der Waals surface area contributed by atoms with E-state index in [1.54, 1.807) is 12.1 Å². The smallest absolute Gasteiger partial charge is 0.265 e. The van der Waals surface area contributed by atoms with Gasteiger partial charge in [-0.15, -0.1) is 0 Å². The van der Waals surface area contributed by atoms with Crippen LogP contribution in [0.2, 0.25) is 0 Å². The van der Waals surface area contributed by atoms with Crippen LogP contribution in [0.3, 0.4) is 0 Å². The molecule has 3 rings (SSSR count). The average Bonchev–Trinajstić information content (AvgIpc) is 3.24. The number of likely N-dealkylation sites (N-methyl/N-ethyl adjacent to an activating group) is 1. The molecule has 0 radical (unpaired) electrons. The molecule has 0 aromatic heterocycles. The number of amides is 2. The SMILES string of the molecule is C[NH+](C)CCNC(=O)[C@H](Cc1ccccc1)NC(=O)[C@@H]1CC(c2ccc(F)cc2)=NO1. The molecule has 1 aliphatic rings. The lowest BCUT2D eigenvalue weighted by Gasteiger charge is -2.20. The maximum Gasteiger partial charge on any atom is 0.265 e. The predicted octanol–water partition coefficient (Wildman–Crippen LogP) is 0.307. The van der Waals surface area contributed by atoms with Crippen molar-refractivity contribution in [3.63, 3.8) is 0 Å². The quantitative estimate of drug-likeness (QED) is 0.539. The van der Waals surface area contributed by atoms with Gasteiger partial charge in [0.2, 0.25) is 12.0 Å². The van der Waals surface area contributed by atoms with Gasteiger partial charge in [0, 0.05) is 12.8 Å². The molecule has 0 saturated carbocycles. The minimum Gasteiger partial charge on any atom is -0.382 e. The number of carbonyl (C=O) groups excluding carboxylic acids is 2. The fourth-order valence-corrected chi connectivity index (χ4v) is 3.21. The van der Waals surface area contributed by atoms with E-state index in [0.717, 1.165) is 12.1 Å². The van der Waals surface area contributed by atoms with E-state index in [0.29, 0.717) is 24.2 Å². The number of nitrogens with one attached hydrogen (secondary N) is 3. The second kappa shape index (κ2) is 10.7. The zero-order valence-electron chi connectivity index (χ0n) is 17.7. The van der Waals surface area contributed by atoms with Gasteiger partial charge in [0.15, 0.2) is 0 Å². The van der Waals surface area contributed by atoms with E-state index in [-0.39, 0.29) is 18.1 Å². The Morgan fingerprint density at radius 1 is 1.16 bits per heavy atom. The Balaban J connectivity index is 1.62. The van der Waals surface area contributed by atoms with Crippen molar-refractivity contribution in [2.24, 2.45) is 5.16 Å². The normalized spacial score (nSPS) is 16.4. The Morgan fingerprint density at radius 3 is 2.55 bits per heavy atom. The Morgan fingerprint density at radius 2 is 1.87 bits per heavy atom. The number of rotatable bonds is 9. The van der Waals surface area contributed by atoms with Gasteiger partial charge in [0.05, 0.1) is 32.9 Å². The third-order valence-electron chi connectivity index (χ3n) is 4.98. The largest absolute Gasteiger partial charge is 0.382 e. The van der Waals surface area contributed by atoms with Crippen molar-refractivity contribution in [3.8, 4) is 0 Å². The molecule has 0 fully saturated rings. The molecule has 1 heterocycles. The zero-order chi connectivity index (χ0) is 22.2. The number of nitrogens with zero attached hydrogens (tertiary/aromatic N) is 1. The first-order valence-corrected chi connectivity index (χ1v) is 10.3. The molecule has 2 amide bonds. The monoisotopic (exact) mass is 427 g/mol. The molecule has 2 aromatic rings. The fourth-order valence-electron chi connectivity index (χ4n) is 3.21. The molecule has 164 valence electrons. The van der Waals surface area contributed by atoms with E-state index in [9.17, 15) is 14.0 Å². The summed E-state index contributed by atoms with van der Waals surface area (Å²) < 4.78 is 13.1. The van der Waals surface area contributed by atoms with Gasteiger partial charge in [-0.1, -0.05) is 47.6 Å². The van der Waals surface area contributed by atoms with Crippen molar-refractivity contribution in [1.29, 1.82) is 0 Å². The summed E-state index contributed by atoms with van der Waals surface area (Å²) in [6.07, 6.45) is -0.218. The van der Waals surface area contributed by atoms with Gasteiger partial charge in [-0.2, -0.15) is 0 Å². The molecule has 0 unspecified atom stereocenters. The Bertz CT molecular complexity index is 916. The van der Waals surface area contributed by atoms with Crippen molar-refractivity contribution < 1.29 is 23.7 Å². The number of hydrogen-bond donors (Lipinski definition) is 3. The fraction of sp³-hybridized carbons (Fsp3) is 0.348. The lowest BCUT2D eigenvalue weighted by molar-refractivity contribution is -0.856. The second-order valence-corrected chi connectivity index (χ2v) is 7.84. The molecule has 0 saturated heterocycles. The van der Waals surface area contributed by atoms with Crippen LogP contribution in [0.4, 0.5) is 4.39 Å². The van der Waals surface area contributed by atoms with Crippen LogP contribution in [0.5, 0.6) is 0 Å². The molecule has 31 heavy (non-hydrogen) atoms. The Labute approximate surface area is 181 Å². The van der Waals surface area contributed by atoms with Crippen molar-refractivity contribution in [1.82, 2.24) is 10.6 Å². The molecular weight excluding hydrogens is 399 g/mol. The highest BCUT2D eigenvalue weighted by Crippen LogP contribution is 2.17. The van der Waals surface area contributed by atoms with Crippen LogP contribution in [0.15, 0.2) is 59.8 Å². The van der Waals surface area contributed by atoms with Crippen molar-refractivity contribution in [3.05, 3.63) is 71.5 Å². The number of hydrogen-bond acceptors (Lipinski definition) is 4. The molecule has 2 aromatic carbocycles. The Kier molecular flexibility index (Phi) is 7.72. The number of halogens is 1. The van der Waals surface area contributed by atoms with Gasteiger partial charge < -0.3 is 20.4 Å². The summed E-state index contributed by atoms with van der Waals surface area (Å²) in [4.78, 5) is 32.1. The number of carbonyl (C=O) groups is 2. The maximum atomic E-state index is 13.1. The average molecular weight is 428 g/mol. The van der Waals surface area contributed by atoms with Crippen LogP contribution < -0.4 is 15.5 Å². The first-order chi connectivity index (χ1) is 14.9. The van der Waals surface area contributed by atoms with Crippen LogP contribution in [0, 0.1) is 5.82 Å². The summed E-state index contributed by atoms with van der Waals surface area (Å²) in [5.74, 6) is -0.991. The summed E-state index contributed by atoms with van der Waals surface area (Å²) in [5.41, 5.74) is 2.21. The first kappa shape index (κ1) is 22.4. The molecular formula is C23H28FN4O3+. The van der Waals surface area contributed by atoms with Crippen LogP contribution in [-0.2, 0) is 20.8 Å². The minimum atomic E-state index is -0.836. The topological polar surface area (TPSA) is 84.2 Å². The van der Waals surface area contributed by atoms with Gasteiger partial charge in [-0.3, -0.25) is 9.59 Å². The zero-order valence-corrected chi connectivity index (χ0v) is 17.7. The van der Waals surface area contributed by atoms with Crippen LogP contribution in [0.25, 0.3) is 0 Å². The molecule has 0 aliphatic carbocycles. The van der Waals surface area contributed by atoms with E-state index in [2.05, 4.69) is 15.8 Å². The second-order valence-electron chi connectivity index (χ2n) is 7.84. The highest BCUT2D eigenvalue weighted by atomic mass is 19.1. The summed E-state index contributed by atoms with van der Waals surface area (Å²) in [7, 11) is 4.01. The molecule has 2 atom stereocenters. The summed E-state index contributed by atoms with van der Waals surface area (Å²) >= 11 is 0. The highest BCUT2D eigenvalue weighted by molar-refractivity contribution is 6.04. The van der Waals surface area contributed by atoms with Crippen LogP contribution in [-0.4, -0.2) is 56.9 Å². The number of oxime groups is 1. The van der Waals surface area contributed by atoms with Gasteiger partial charge in [0.1, 0.15) is 11.9 Å². The molecule has 0 spiro atoms. The van der Waals surface area contributed by atoms with Gasteiger partial charge in [-0.05, 0) is 23.3 Å². The summed E-state index contributed by atoms with van der Waals surface area (Å²) in [6, 6.07) is 14.6.